The predicted molar refractivity (Wildman–Crippen MR) is 101 cm³/mol. The third kappa shape index (κ3) is 4.00. The quantitative estimate of drug-likeness (QED) is 0.516. The van der Waals surface area contributed by atoms with Gasteiger partial charge in [-0.2, -0.15) is 0 Å². The monoisotopic (exact) mass is 354 g/mol. The molecule has 8 nitrogen and oxygen atoms in total. The van der Waals surface area contributed by atoms with Crippen molar-refractivity contribution in [2.75, 3.05) is 84.6 Å². The Morgan fingerprint density at radius 2 is 0.500 bits per heavy atom. The lowest BCUT2D eigenvalue weighted by molar-refractivity contribution is 0.462. The fraction of sp³-hybridized carbons (Fsp3) is 1.00. The van der Waals surface area contributed by atoms with Crippen molar-refractivity contribution in [1.82, 2.24) is 28.0 Å². The van der Waals surface area contributed by atoms with Crippen LogP contribution in [0.5, 0.6) is 0 Å². The molecule has 0 aliphatic heterocycles. The maximum absolute atomic E-state index is 4.93. The molecule has 22 heavy (non-hydrogen) atoms. The second-order valence-corrected chi connectivity index (χ2v) is 13.6. The van der Waals surface area contributed by atoms with Crippen molar-refractivity contribution in [3.8, 4) is 0 Å². The van der Waals surface area contributed by atoms with Gasteiger partial charge < -0.3 is 0 Å². The maximum atomic E-state index is 4.93. The molecule has 0 aromatic carbocycles. The Labute approximate surface area is 138 Å². The van der Waals surface area contributed by atoms with E-state index < -0.39 is 15.0 Å². The smallest absolute Gasteiger partial charge is 0.192 e. The molecule has 0 spiro atoms. The van der Waals surface area contributed by atoms with E-state index in [-0.39, 0.29) is 0 Å². The van der Waals surface area contributed by atoms with Crippen LogP contribution in [-0.4, -0.2) is 113 Å². The van der Waals surface area contributed by atoms with E-state index in [1.807, 2.05) is 0 Å². The molecule has 0 aliphatic rings. The molecule has 0 aromatic rings. The highest BCUT2D eigenvalue weighted by Crippen LogP contribution is 2.60. The molecule has 10 heteroatoms. The Morgan fingerprint density at radius 1 is 0.364 bits per heavy atom. The Kier molecular flexibility index (Phi) is 8.44. The van der Waals surface area contributed by atoms with Crippen LogP contribution < -0.4 is 0 Å². The van der Waals surface area contributed by atoms with Crippen LogP contribution in [0.25, 0.3) is 0 Å². The molecule has 0 saturated heterocycles. The highest BCUT2D eigenvalue weighted by Gasteiger charge is 2.32. The van der Waals surface area contributed by atoms with E-state index >= 15 is 0 Å². The molecule has 0 unspecified atom stereocenters. The van der Waals surface area contributed by atoms with Crippen molar-refractivity contribution in [3.63, 3.8) is 0 Å². The second-order valence-electron chi connectivity index (χ2n) is 6.34. The Morgan fingerprint density at radius 3 is 0.591 bits per heavy atom. The molecule has 0 bridgehead atoms. The lowest BCUT2D eigenvalue weighted by Gasteiger charge is -2.42. The first kappa shape index (κ1) is 22.2. The Bertz CT molecular complexity index is 355. The minimum Gasteiger partial charge on any atom is -0.251 e. The number of rotatable bonds is 7. The van der Waals surface area contributed by atoms with Crippen LogP contribution in [0, 0.1) is 0 Å². The van der Waals surface area contributed by atoms with Crippen molar-refractivity contribution >= 4 is 15.0 Å². The fourth-order valence-corrected chi connectivity index (χ4v) is 8.85. The summed E-state index contributed by atoms with van der Waals surface area (Å²) in [6, 6.07) is 0. The average molecular weight is 354 g/mol. The van der Waals surface area contributed by atoms with Gasteiger partial charge in [-0.15, -0.1) is 9.71 Å². The third-order valence-electron chi connectivity index (χ3n) is 3.50. The highest BCUT2D eigenvalue weighted by molar-refractivity contribution is 7.61. The van der Waals surface area contributed by atoms with Gasteiger partial charge >= 0.3 is 0 Å². The summed E-state index contributed by atoms with van der Waals surface area (Å²) in [5.41, 5.74) is 0. The average Bonchev–Trinajstić information content (AvgIpc) is 2.31. The van der Waals surface area contributed by atoms with Crippen LogP contribution in [0.2, 0.25) is 0 Å². The fourth-order valence-electron chi connectivity index (χ4n) is 2.73. The molecule has 0 aliphatic carbocycles. The van der Waals surface area contributed by atoms with Gasteiger partial charge in [-0.05, 0) is 84.6 Å². The van der Waals surface area contributed by atoms with Crippen LogP contribution >= 0.6 is 15.0 Å². The highest BCUT2D eigenvalue weighted by atomic mass is 31.2. The SMILES string of the molecule is CN(C)P(=NN=P(N(C)C)(N(C)C)N(C)C)(N(C)C)N(C)C. The number of hydrogen-bond donors (Lipinski definition) is 0. The van der Waals surface area contributed by atoms with Crippen LogP contribution in [0.1, 0.15) is 0 Å². The molecule has 0 N–H and O–H groups in total. The van der Waals surface area contributed by atoms with Crippen molar-refractivity contribution in [2.45, 2.75) is 0 Å². The number of hydrogen-bond acceptors (Lipinski definition) is 0. The Hall–Kier alpha value is 0.220. The van der Waals surface area contributed by atoms with E-state index in [0.717, 1.165) is 0 Å². The molecule has 0 heterocycles. The molecule has 0 atom stereocenters. The normalized spacial score (nSPS) is 14.1. The molecule has 0 fully saturated rings. The van der Waals surface area contributed by atoms with E-state index in [4.69, 9.17) is 9.71 Å². The summed E-state index contributed by atoms with van der Waals surface area (Å²) >= 11 is 0. The minimum atomic E-state index is -2.02. The summed E-state index contributed by atoms with van der Waals surface area (Å²) in [4.78, 5) is 9.86. The van der Waals surface area contributed by atoms with Gasteiger partial charge in [0.25, 0.3) is 0 Å². The molecule has 0 amide bonds. The van der Waals surface area contributed by atoms with Crippen LogP contribution in [0.15, 0.2) is 9.71 Å². The summed E-state index contributed by atoms with van der Waals surface area (Å²) in [6.45, 7) is 0. The van der Waals surface area contributed by atoms with Gasteiger partial charge in [-0.25, -0.2) is 0 Å². The van der Waals surface area contributed by atoms with E-state index in [1.54, 1.807) is 0 Å². The first-order valence-corrected chi connectivity index (χ1v) is 10.4. The van der Waals surface area contributed by atoms with Gasteiger partial charge in [0.1, 0.15) is 0 Å². The standard InChI is InChI=1S/C12H36N8P2/c1-15(2)21(16(3)4,17(5)6)13-14-22(18(7)8,19(9)10)20(11)12/h1-12H3. The van der Waals surface area contributed by atoms with Gasteiger partial charge in [0.2, 0.25) is 0 Å². The van der Waals surface area contributed by atoms with E-state index in [2.05, 4.69) is 113 Å². The summed E-state index contributed by atoms with van der Waals surface area (Å²) in [6.07, 6.45) is 0. The van der Waals surface area contributed by atoms with Gasteiger partial charge in [-0.3, -0.25) is 28.0 Å². The van der Waals surface area contributed by atoms with Crippen LogP contribution in [0.3, 0.4) is 0 Å². The van der Waals surface area contributed by atoms with Crippen LogP contribution in [0.4, 0.5) is 0 Å². The zero-order chi connectivity index (χ0) is 17.9. The van der Waals surface area contributed by atoms with Crippen molar-refractivity contribution in [2.24, 2.45) is 9.71 Å². The Balaban J connectivity index is 6.60. The largest absolute Gasteiger partial charge is 0.251 e. The first-order chi connectivity index (χ1) is 9.87. The molecule has 0 rings (SSSR count). The summed E-state index contributed by atoms with van der Waals surface area (Å²) in [5.74, 6) is 0. The summed E-state index contributed by atoms with van der Waals surface area (Å²) < 4.78 is 13.0. The molecule has 0 radical (unpaired) electrons. The van der Waals surface area contributed by atoms with Crippen LogP contribution in [-0.2, 0) is 0 Å². The zero-order valence-corrected chi connectivity index (χ0v) is 18.3. The van der Waals surface area contributed by atoms with Crippen molar-refractivity contribution < 1.29 is 0 Å². The van der Waals surface area contributed by atoms with Gasteiger partial charge in [-0.1, -0.05) is 0 Å². The predicted octanol–water partition coefficient (Wildman–Crippen LogP) is 2.16. The van der Waals surface area contributed by atoms with Gasteiger partial charge in [0, 0.05) is 0 Å². The third-order valence-corrected chi connectivity index (χ3v) is 10.7. The minimum absolute atomic E-state index is 2.02. The lowest BCUT2D eigenvalue weighted by atomic mass is 11.2. The van der Waals surface area contributed by atoms with Crippen molar-refractivity contribution in [3.05, 3.63) is 0 Å². The molecule has 0 saturated carbocycles. The topological polar surface area (TPSA) is 44.2 Å². The molecule has 0 aromatic heterocycles. The van der Waals surface area contributed by atoms with Gasteiger partial charge in [0.15, 0.2) is 15.0 Å². The maximum Gasteiger partial charge on any atom is 0.192 e. The van der Waals surface area contributed by atoms with E-state index in [9.17, 15) is 0 Å². The van der Waals surface area contributed by atoms with E-state index in [0.29, 0.717) is 0 Å². The first-order valence-electron chi connectivity index (χ1n) is 7.17. The summed E-state index contributed by atoms with van der Waals surface area (Å²) in [5, 5.41) is 0. The summed E-state index contributed by atoms with van der Waals surface area (Å²) in [7, 11) is 20.7. The second kappa shape index (κ2) is 8.36. The number of nitrogens with zero attached hydrogens (tertiary/aromatic N) is 8. The lowest BCUT2D eigenvalue weighted by Crippen LogP contribution is -2.32. The molecular weight excluding hydrogens is 318 g/mol. The van der Waals surface area contributed by atoms with Crippen molar-refractivity contribution in [1.29, 1.82) is 0 Å². The zero-order valence-electron chi connectivity index (χ0n) is 16.5. The molecular formula is C12H36N8P2. The van der Waals surface area contributed by atoms with E-state index in [1.165, 1.54) is 0 Å². The van der Waals surface area contributed by atoms with Gasteiger partial charge in [0.05, 0.1) is 0 Å². The molecule has 134 valence electrons.